The van der Waals surface area contributed by atoms with Crippen molar-refractivity contribution in [1.82, 2.24) is 9.78 Å². The number of aromatic nitrogens is 2. The van der Waals surface area contributed by atoms with Crippen LogP contribution in [0, 0.1) is 0 Å². The summed E-state index contributed by atoms with van der Waals surface area (Å²) >= 11 is 0. The van der Waals surface area contributed by atoms with Crippen molar-refractivity contribution >= 4 is 17.6 Å². The van der Waals surface area contributed by atoms with Crippen LogP contribution in [0.15, 0.2) is 23.5 Å². The fourth-order valence-electron chi connectivity index (χ4n) is 1.04. The summed E-state index contributed by atoms with van der Waals surface area (Å²) < 4.78 is 1.54. The zero-order valence-electron chi connectivity index (χ0n) is 9.31. The third-order valence-electron chi connectivity index (χ3n) is 2.19. The van der Waals surface area contributed by atoms with Crippen LogP contribution in [0.3, 0.4) is 0 Å². The summed E-state index contributed by atoms with van der Waals surface area (Å²) in [6.07, 6.45) is 3.11. The molecular weight excluding hydrogens is 210 g/mol. The predicted octanol–water partition coefficient (Wildman–Crippen LogP) is 0.780. The van der Waals surface area contributed by atoms with Gasteiger partial charge in [-0.3, -0.25) is 9.48 Å². The standard InChI is InChI=1S/C10H13N3O3/c1-6(7(2)10(15)16)9(14)12-8-4-11-13(3)5-8/h4-5H,1-3H3,(H,12,14)(H,15,16). The van der Waals surface area contributed by atoms with E-state index >= 15 is 0 Å². The van der Waals surface area contributed by atoms with Crippen molar-refractivity contribution in [2.45, 2.75) is 13.8 Å². The molecule has 1 rings (SSSR count). The number of carbonyl (C=O) groups excluding carboxylic acids is 1. The monoisotopic (exact) mass is 223 g/mol. The highest BCUT2D eigenvalue weighted by molar-refractivity contribution is 6.07. The van der Waals surface area contributed by atoms with E-state index in [-0.39, 0.29) is 11.1 Å². The van der Waals surface area contributed by atoms with E-state index in [1.54, 1.807) is 17.9 Å². The van der Waals surface area contributed by atoms with Crippen molar-refractivity contribution in [3.63, 3.8) is 0 Å². The van der Waals surface area contributed by atoms with Gasteiger partial charge in [-0.15, -0.1) is 0 Å². The Morgan fingerprint density at radius 2 is 2.00 bits per heavy atom. The molecule has 0 unspecified atom stereocenters. The lowest BCUT2D eigenvalue weighted by atomic mass is 10.1. The summed E-state index contributed by atoms with van der Waals surface area (Å²) in [6, 6.07) is 0. The smallest absolute Gasteiger partial charge is 0.331 e. The molecule has 1 amide bonds. The summed E-state index contributed by atoms with van der Waals surface area (Å²) in [5.41, 5.74) is 0.739. The fourth-order valence-corrected chi connectivity index (χ4v) is 1.04. The molecule has 0 saturated heterocycles. The first kappa shape index (κ1) is 12.0. The highest BCUT2D eigenvalue weighted by Gasteiger charge is 2.13. The van der Waals surface area contributed by atoms with Gasteiger partial charge in [0.2, 0.25) is 0 Å². The molecule has 0 spiro atoms. The number of carboxylic acid groups (broad SMARTS) is 1. The van der Waals surface area contributed by atoms with Gasteiger partial charge in [-0.25, -0.2) is 4.79 Å². The van der Waals surface area contributed by atoms with Gasteiger partial charge in [-0.2, -0.15) is 5.10 Å². The summed E-state index contributed by atoms with van der Waals surface area (Å²) in [4.78, 5) is 22.2. The molecule has 0 fully saturated rings. The average Bonchev–Trinajstić information content (AvgIpc) is 2.61. The first-order valence-corrected chi connectivity index (χ1v) is 4.62. The van der Waals surface area contributed by atoms with E-state index in [1.165, 1.54) is 20.0 Å². The minimum absolute atomic E-state index is 0.0291. The molecule has 0 aliphatic rings. The molecule has 6 heteroatoms. The summed E-state index contributed by atoms with van der Waals surface area (Å²) in [6.45, 7) is 2.86. The van der Waals surface area contributed by atoms with E-state index < -0.39 is 11.9 Å². The largest absolute Gasteiger partial charge is 0.478 e. The second-order valence-corrected chi connectivity index (χ2v) is 3.41. The number of carbonyl (C=O) groups is 2. The second kappa shape index (κ2) is 4.61. The topological polar surface area (TPSA) is 84.2 Å². The van der Waals surface area contributed by atoms with Crippen LogP contribution in [0.25, 0.3) is 0 Å². The van der Waals surface area contributed by atoms with E-state index in [1.807, 2.05) is 0 Å². The number of rotatable bonds is 3. The fraction of sp³-hybridized carbons (Fsp3) is 0.300. The highest BCUT2D eigenvalue weighted by Crippen LogP contribution is 2.09. The van der Waals surface area contributed by atoms with Crippen molar-refractivity contribution in [1.29, 1.82) is 0 Å². The lowest BCUT2D eigenvalue weighted by molar-refractivity contribution is -0.133. The van der Waals surface area contributed by atoms with Crippen LogP contribution in [0.4, 0.5) is 5.69 Å². The molecule has 6 nitrogen and oxygen atoms in total. The third-order valence-corrected chi connectivity index (χ3v) is 2.19. The van der Waals surface area contributed by atoms with Gasteiger partial charge in [0.25, 0.3) is 5.91 Å². The van der Waals surface area contributed by atoms with Crippen LogP contribution < -0.4 is 5.32 Å². The molecule has 1 heterocycles. The number of carboxylic acids is 1. The van der Waals surface area contributed by atoms with Crippen molar-refractivity contribution in [3.05, 3.63) is 23.5 Å². The Morgan fingerprint density at radius 3 is 2.44 bits per heavy atom. The zero-order valence-corrected chi connectivity index (χ0v) is 9.31. The highest BCUT2D eigenvalue weighted by atomic mass is 16.4. The van der Waals surface area contributed by atoms with E-state index in [0.29, 0.717) is 5.69 Å². The Bertz CT molecular complexity index is 460. The van der Waals surface area contributed by atoms with Crippen LogP contribution in [-0.2, 0) is 16.6 Å². The Labute approximate surface area is 92.6 Å². The van der Waals surface area contributed by atoms with Crippen molar-refractivity contribution in [3.8, 4) is 0 Å². The van der Waals surface area contributed by atoms with Crippen LogP contribution in [0.2, 0.25) is 0 Å². The minimum atomic E-state index is -1.10. The maximum Gasteiger partial charge on any atom is 0.331 e. The molecule has 1 aromatic heterocycles. The van der Waals surface area contributed by atoms with Gasteiger partial charge < -0.3 is 10.4 Å². The Hall–Kier alpha value is -2.11. The van der Waals surface area contributed by atoms with Gasteiger partial charge in [0.05, 0.1) is 11.9 Å². The Balaban J connectivity index is 2.81. The molecule has 0 saturated carbocycles. The van der Waals surface area contributed by atoms with Gasteiger partial charge in [0.1, 0.15) is 0 Å². The van der Waals surface area contributed by atoms with E-state index in [0.717, 1.165) is 0 Å². The Morgan fingerprint density at radius 1 is 1.38 bits per heavy atom. The normalized spacial score (nSPS) is 11.9. The first-order chi connectivity index (χ1) is 7.41. The number of aryl methyl sites for hydroxylation is 1. The number of nitrogens with one attached hydrogen (secondary N) is 1. The molecule has 0 radical (unpaired) electrons. The number of hydrogen-bond donors (Lipinski definition) is 2. The van der Waals surface area contributed by atoms with Crippen molar-refractivity contribution in [2.24, 2.45) is 7.05 Å². The molecule has 2 N–H and O–H groups in total. The maximum atomic E-state index is 11.6. The number of nitrogens with zero attached hydrogens (tertiary/aromatic N) is 2. The molecule has 0 aliphatic heterocycles. The van der Waals surface area contributed by atoms with Crippen molar-refractivity contribution < 1.29 is 14.7 Å². The van der Waals surface area contributed by atoms with Crippen LogP contribution >= 0.6 is 0 Å². The van der Waals surface area contributed by atoms with Gasteiger partial charge in [0, 0.05) is 24.4 Å². The molecular formula is C10H13N3O3. The predicted molar refractivity (Wildman–Crippen MR) is 57.8 cm³/mol. The zero-order chi connectivity index (χ0) is 12.3. The minimum Gasteiger partial charge on any atom is -0.478 e. The van der Waals surface area contributed by atoms with E-state index in [2.05, 4.69) is 10.4 Å². The number of anilines is 1. The van der Waals surface area contributed by atoms with E-state index in [9.17, 15) is 9.59 Å². The molecule has 16 heavy (non-hydrogen) atoms. The lowest BCUT2D eigenvalue weighted by Crippen LogP contribution is -2.15. The molecule has 0 atom stereocenters. The third kappa shape index (κ3) is 2.69. The van der Waals surface area contributed by atoms with Crippen LogP contribution in [-0.4, -0.2) is 26.8 Å². The van der Waals surface area contributed by atoms with Gasteiger partial charge in [-0.05, 0) is 13.8 Å². The lowest BCUT2D eigenvalue weighted by Gasteiger charge is -2.04. The van der Waals surface area contributed by atoms with Gasteiger partial charge in [-0.1, -0.05) is 0 Å². The first-order valence-electron chi connectivity index (χ1n) is 4.62. The number of hydrogen-bond acceptors (Lipinski definition) is 3. The van der Waals surface area contributed by atoms with Gasteiger partial charge in [0.15, 0.2) is 0 Å². The van der Waals surface area contributed by atoms with Gasteiger partial charge >= 0.3 is 5.97 Å². The summed E-state index contributed by atoms with van der Waals surface area (Å²) in [7, 11) is 1.72. The Kier molecular flexibility index (Phi) is 3.44. The maximum absolute atomic E-state index is 11.6. The van der Waals surface area contributed by atoms with E-state index in [4.69, 9.17) is 5.11 Å². The molecule has 0 aliphatic carbocycles. The average molecular weight is 223 g/mol. The SMILES string of the molecule is CC(C(=O)O)=C(C)C(=O)Nc1cnn(C)c1. The number of aliphatic carboxylic acids is 1. The van der Waals surface area contributed by atoms with Crippen LogP contribution in [0.5, 0.6) is 0 Å². The molecule has 86 valence electrons. The quantitative estimate of drug-likeness (QED) is 0.741. The summed E-state index contributed by atoms with van der Waals surface area (Å²) in [5, 5.41) is 15.2. The van der Waals surface area contributed by atoms with Crippen LogP contribution in [0.1, 0.15) is 13.8 Å². The second-order valence-electron chi connectivity index (χ2n) is 3.41. The number of amides is 1. The molecule has 0 bridgehead atoms. The molecule has 1 aromatic rings. The van der Waals surface area contributed by atoms with Crippen molar-refractivity contribution in [2.75, 3.05) is 5.32 Å². The summed E-state index contributed by atoms with van der Waals surface area (Å²) in [5.74, 6) is -1.54. The molecule has 0 aromatic carbocycles.